The minimum Gasteiger partial charge on any atom is -0.293 e. The molecule has 2 aromatic carbocycles. The molecule has 0 aliphatic heterocycles. The van der Waals surface area contributed by atoms with Crippen LogP contribution in [0.25, 0.3) is 5.57 Å². The van der Waals surface area contributed by atoms with E-state index < -0.39 is 15.8 Å². The van der Waals surface area contributed by atoms with Gasteiger partial charge in [-0.1, -0.05) is 18.6 Å². The minimum absolute atomic E-state index is 0.00591. The topological polar surface area (TPSA) is 63.2 Å². The molecule has 2 unspecified atom stereocenters. The van der Waals surface area contributed by atoms with E-state index in [9.17, 15) is 17.6 Å². The predicted molar refractivity (Wildman–Crippen MR) is 105 cm³/mol. The van der Waals surface area contributed by atoms with Gasteiger partial charge in [0.1, 0.15) is 5.82 Å². The fraction of sp³-hybridized carbons (Fsp3) is 0.250. The molecule has 4 nitrogen and oxygen atoms in total. The lowest BCUT2D eigenvalue weighted by molar-refractivity contribution is -0.118. The van der Waals surface area contributed by atoms with Crippen molar-refractivity contribution in [1.82, 2.24) is 0 Å². The van der Waals surface area contributed by atoms with Crippen molar-refractivity contribution >= 4 is 43.0 Å². The second-order valence-electron chi connectivity index (χ2n) is 6.87. The summed E-state index contributed by atoms with van der Waals surface area (Å²) in [7, 11) is -3.79. The van der Waals surface area contributed by atoms with Gasteiger partial charge in [0.2, 0.25) is 0 Å². The second-order valence-corrected chi connectivity index (χ2v) is 9.35. The molecule has 2 aliphatic carbocycles. The fourth-order valence-corrected chi connectivity index (χ4v) is 5.84. The third-order valence-electron chi connectivity index (χ3n) is 5.25. The summed E-state index contributed by atoms with van der Waals surface area (Å²) in [6, 6.07) is 11.7. The highest BCUT2D eigenvalue weighted by Crippen LogP contribution is 2.51. The maximum absolute atomic E-state index is 13.0. The number of benzene rings is 2. The molecule has 1 N–H and O–H groups in total. The van der Waals surface area contributed by atoms with Gasteiger partial charge < -0.3 is 0 Å². The Morgan fingerprint density at radius 1 is 0.963 bits per heavy atom. The number of Topliss-reactive ketones (excluding diaryl/α,β-unsaturated/α-hetero) is 1. The van der Waals surface area contributed by atoms with Gasteiger partial charge in [0.15, 0.2) is 5.78 Å². The van der Waals surface area contributed by atoms with E-state index in [1.165, 1.54) is 12.1 Å². The van der Waals surface area contributed by atoms with Crippen LogP contribution in [0.5, 0.6) is 0 Å². The van der Waals surface area contributed by atoms with Crippen LogP contribution in [0, 0.1) is 17.7 Å². The van der Waals surface area contributed by atoms with Gasteiger partial charge in [-0.3, -0.25) is 9.52 Å². The Labute approximate surface area is 165 Å². The number of hydrogen-bond acceptors (Lipinski definition) is 3. The van der Waals surface area contributed by atoms with Gasteiger partial charge in [-0.25, -0.2) is 12.8 Å². The normalized spacial score (nSPS) is 22.2. The third-order valence-corrected chi connectivity index (χ3v) is 7.46. The van der Waals surface area contributed by atoms with Gasteiger partial charge >= 0.3 is 0 Å². The van der Waals surface area contributed by atoms with E-state index in [0.29, 0.717) is 10.2 Å². The minimum atomic E-state index is -3.79. The molecule has 0 heterocycles. The first kappa shape index (κ1) is 18.4. The van der Waals surface area contributed by atoms with Crippen molar-refractivity contribution < 1.29 is 17.6 Å². The lowest BCUT2D eigenvalue weighted by Gasteiger charge is -2.14. The van der Waals surface area contributed by atoms with Crippen LogP contribution in [0.2, 0.25) is 0 Å². The van der Waals surface area contributed by atoms with E-state index in [0.717, 1.165) is 42.5 Å². The maximum Gasteiger partial charge on any atom is 0.261 e. The summed E-state index contributed by atoms with van der Waals surface area (Å²) in [4.78, 5) is 12.4. The Morgan fingerprint density at radius 2 is 1.59 bits per heavy atom. The fourth-order valence-electron chi connectivity index (χ4n) is 3.96. The van der Waals surface area contributed by atoms with E-state index in [1.54, 1.807) is 12.1 Å². The van der Waals surface area contributed by atoms with E-state index in [-0.39, 0.29) is 22.5 Å². The van der Waals surface area contributed by atoms with Crippen LogP contribution in [-0.2, 0) is 14.8 Å². The highest BCUT2D eigenvalue weighted by molar-refractivity contribution is 9.12. The smallest absolute Gasteiger partial charge is 0.261 e. The molecular formula is C20H17BrFNO3S. The lowest BCUT2D eigenvalue weighted by atomic mass is 9.90. The second kappa shape index (κ2) is 6.87. The third kappa shape index (κ3) is 3.34. The molecule has 0 amide bonds. The number of ketones is 1. The molecule has 1 fully saturated rings. The maximum atomic E-state index is 13.0. The molecule has 2 atom stereocenters. The van der Waals surface area contributed by atoms with Gasteiger partial charge in [-0.2, -0.15) is 0 Å². The van der Waals surface area contributed by atoms with Crippen molar-refractivity contribution in [3.63, 3.8) is 0 Å². The zero-order valence-corrected chi connectivity index (χ0v) is 16.7. The number of allylic oxidation sites excluding steroid dienone is 2. The number of halogens is 2. The number of carbonyl (C=O) groups is 1. The van der Waals surface area contributed by atoms with Crippen LogP contribution in [0.1, 0.15) is 24.8 Å². The Kier molecular flexibility index (Phi) is 4.68. The van der Waals surface area contributed by atoms with Crippen LogP contribution in [-0.4, -0.2) is 14.2 Å². The van der Waals surface area contributed by atoms with Crippen LogP contribution in [0.3, 0.4) is 0 Å². The summed E-state index contributed by atoms with van der Waals surface area (Å²) in [6.45, 7) is 0. The standard InChI is InChI=1S/C20H17BrFNO3S/c21-19-18(16-2-1-3-17(16)20(19)24)12-4-8-14(9-5-12)23-27(25,26)15-10-6-13(22)7-11-15/h4-11,16-17,23H,1-3H2. The molecule has 1 saturated carbocycles. The highest BCUT2D eigenvalue weighted by Gasteiger charge is 2.43. The van der Waals surface area contributed by atoms with Gasteiger partial charge in [0.25, 0.3) is 10.0 Å². The number of anilines is 1. The van der Waals surface area contributed by atoms with Crippen LogP contribution in [0.4, 0.5) is 10.1 Å². The zero-order chi connectivity index (χ0) is 19.2. The summed E-state index contributed by atoms with van der Waals surface area (Å²) in [5.41, 5.74) is 2.36. The first-order valence-corrected chi connectivity index (χ1v) is 11.0. The van der Waals surface area contributed by atoms with Crippen molar-refractivity contribution in [2.75, 3.05) is 4.72 Å². The molecule has 7 heteroatoms. The molecule has 2 aromatic rings. The molecule has 0 aromatic heterocycles. The molecule has 0 radical (unpaired) electrons. The molecular weight excluding hydrogens is 433 g/mol. The van der Waals surface area contributed by atoms with Crippen LogP contribution >= 0.6 is 15.9 Å². The molecule has 27 heavy (non-hydrogen) atoms. The van der Waals surface area contributed by atoms with Crippen LogP contribution in [0.15, 0.2) is 57.9 Å². The molecule has 0 bridgehead atoms. The van der Waals surface area contributed by atoms with Crippen molar-refractivity contribution in [1.29, 1.82) is 0 Å². The Balaban J connectivity index is 1.58. The molecule has 4 rings (SSSR count). The van der Waals surface area contributed by atoms with Gasteiger partial charge in [-0.15, -0.1) is 0 Å². The average molecular weight is 450 g/mol. The van der Waals surface area contributed by atoms with Crippen molar-refractivity contribution in [2.45, 2.75) is 24.2 Å². The van der Waals surface area contributed by atoms with E-state index in [2.05, 4.69) is 20.7 Å². The monoisotopic (exact) mass is 449 g/mol. The quantitative estimate of drug-likeness (QED) is 0.733. The zero-order valence-electron chi connectivity index (χ0n) is 14.3. The number of fused-ring (bicyclic) bond motifs is 1. The number of hydrogen-bond donors (Lipinski definition) is 1. The van der Waals surface area contributed by atoms with Crippen molar-refractivity contribution in [3.05, 3.63) is 64.4 Å². The van der Waals surface area contributed by atoms with Gasteiger partial charge in [0, 0.05) is 11.6 Å². The van der Waals surface area contributed by atoms with Gasteiger partial charge in [0.05, 0.1) is 9.38 Å². The summed E-state index contributed by atoms with van der Waals surface area (Å²) < 4.78 is 40.9. The largest absolute Gasteiger partial charge is 0.293 e. The highest BCUT2D eigenvalue weighted by atomic mass is 79.9. The average Bonchev–Trinajstić information content (AvgIpc) is 3.19. The van der Waals surface area contributed by atoms with E-state index >= 15 is 0 Å². The first-order chi connectivity index (χ1) is 12.9. The summed E-state index contributed by atoms with van der Waals surface area (Å²) in [5.74, 6) is 0.00161. The Bertz CT molecular complexity index is 1030. The SMILES string of the molecule is O=C1C(Br)=C(c2ccc(NS(=O)(=O)c3ccc(F)cc3)cc2)C2CCCC12. The van der Waals surface area contributed by atoms with Crippen molar-refractivity contribution in [2.24, 2.45) is 11.8 Å². The molecule has 140 valence electrons. The Hall–Kier alpha value is -1.99. The number of nitrogens with one attached hydrogen (secondary N) is 1. The lowest BCUT2D eigenvalue weighted by Crippen LogP contribution is -2.13. The number of rotatable bonds is 4. The molecule has 0 spiro atoms. The molecule has 2 aliphatic rings. The van der Waals surface area contributed by atoms with Crippen LogP contribution < -0.4 is 4.72 Å². The first-order valence-electron chi connectivity index (χ1n) is 8.69. The Morgan fingerprint density at radius 3 is 2.26 bits per heavy atom. The summed E-state index contributed by atoms with van der Waals surface area (Å²) in [5, 5.41) is 0. The number of carbonyl (C=O) groups excluding carboxylic acids is 1. The van der Waals surface area contributed by atoms with E-state index in [4.69, 9.17) is 0 Å². The summed E-state index contributed by atoms with van der Waals surface area (Å²) >= 11 is 3.45. The van der Waals surface area contributed by atoms with Crippen molar-refractivity contribution in [3.8, 4) is 0 Å². The number of sulfonamides is 1. The van der Waals surface area contributed by atoms with E-state index in [1.807, 2.05) is 12.1 Å². The summed E-state index contributed by atoms with van der Waals surface area (Å²) in [6.07, 6.45) is 2.98. The molecule has 0 saturated heterocycles. The predicted octanol–water partition coefficient (Wildman–Crippen LogP) is 4.73. The van der Waals surface area contributed by atoms with Gasteiger partial charge in [-0.05, 0) is 82.2 Å².